The molecule has 1 aromatic heterocycles. The molecule has 0 aliphatic carbocycles. The summed E-state index contributed by atoms with van der Waals surface area (Å²) in [5.74, 6) is -0.185. The molecular weight excluding hydrogens is 268 g/mol. The predicted octanol–water partition coefficient (Wildman–Crippen LogP) is 2.08. The van der Waals surface area contributed by atoms with Crippen LogP contribution >= 0.6 is 0 Å². The first-order chi connectivity index (χ1) is 10.1. The number of nitrogens with zero attached hydrogens (tertiary/aromatic N) is 2. The smallest absolute Gasteiger partial charge is 0.223 e. The quantitative estimate of drug-likeness (QED) is 0.732. The second-order valence-electron chi connectivity index (χ2n) is 5.33. The van der Waals surface area contributed by atoms with Crippen molar-refractivity contribution in [2.45, 2.75) is 59.7 Å². The SMILES string of the molecule is CCCCN(CC)Cc1c(O)c(=O)cc(CO)n1CCC. The zero-order valence-corrected chi connectivity index (χ0v) is 13.4. The van der Waals surface area contributed by atoms with Gasteiger partial charge in [-0.2, -0.15) is 0 Å². The molecule has 21 heavy (non-hydrogen) atoms. The molecule has 0 saturated carbocycles. The van der Waals surface area contributed by atoms with Crippen molar-refractivity contribution in [3.8, 4) is 5.75 Å². The van der Waals surface area contributed by atoms with Gasteiger partial charge in [0.05, 0.1) is 12.3 Å². The zero-order valence-electron chi connectivity index (χ0n) is 13.4. The molecule has 0 aliphatic rings. The van der Waals surface area contributed by atoms with Gasteiger partial charge >= 0.3 is 0 Å². The fraction of sp³-hybridized carbons (Fsp3) is 0.688. The largest absolute Gasteiger partial charge is 0.503 e. The Bertz CT molecular complexity index is 497. The third-order valence-electron chi connectivity index (χ3n) is 3.73. The van der Waals surface area contributed by atoms with Crippen LogP contribution in [0.25, 0.3) is 0 Å². The Morgan fingerprint density at radius 3 is 2.48 bits per heavy atom. The molecule has 0 fully saturated rings. The van der Waals surface area contributed by atoms with Gasteiger partial charge in [-0.05, 0) is 25.9 Å². The van der Waals surface area contributed by atoms with E-state index in [0.29, 0.717) is 24.5 Å². The van der Waals surface area contributed by atoms with Gasteiger partial charge in [-0.15, -0.1) is 0 Å². The number of rotatable bonds is 9. The van der Waals surface area contributed by atoms with Gasteiger partial charge in [-0.25, -0.2) is 0 Å². The van der Waals surface area contributed by atoms with E-state index in [1.807, 2.05) is 11.5 Å². The summed E-state index contributed by atoms with van der Waals surface area (Å²) in [6, 6.07) is 1.33. The molecule has 0 amide bonds. The first-order valence-electron chi connectivity index (χ1n) is 7.86. The standard InChI is InChI=1S/C16H28N2O3/c1-4-7-9-17(6-3)11-14-16(21)15(20)10-13(12-19)18(14)8-5-2/h10,19,21H,4-9,11-12H2,1-3H3. The highest BCUT2D eigenvalue weighted by Gasteiger charge is 2.16. The minimum atomic E-state index is -0.409. The number of aliphatic hydroxyl groups is 1. The van der Waals surface area contributed by atoms with Crippen molar-refractivity contribution in [3.05, 3.63) is 27.7 Å². The molecule has 2 N–H and O–H groups in total. The summed E-state index contributed by atoms with van der Waals surface area (Å²) in [6.07, 6.45) is 3.08. The molecular formula is C16H28N2O3. The third kappa shape index (κ3) is 4.58. The Balaban J connectivity index is 3.18. The molecule has 0 aromatic carbocycles. The van der Waals surface area contributed by atoms with Crippen LogP contribution in [0.15, 0.2) is 10.9 Å². The van der Waals surface area contributed by atoms with Crippen LogP contribution in [0, 0.1) is 0 Å². The molecule has 0 atom stereocenters. The summed E-state index contributed by atoms with van der Waals surface area (Å²) in [5.41, 5.74) is 0.778. The summed E-state index contributed by atoms with van der Waals surface area (Å²) >= 11 is 0. The fourth-order valence-corrected chi connectivity index (χ4v) is 2.48. The van der Waals surface area contributed by atoms with Gasteiger partial charge < -0.3 is 14.8 Å². The second kappa shape index (κ2) is 8.85. The third-order valence-corrected chi connectivity index (χ3v) is 3.73. The van der Waals surface area contributed by atoms with Crippen molar-refractivity contribution in [1.82, 2.24) is 9.47 Å². The molecule has 0 spiro atoms. The van der Waals surface area contributed by atoms with Crippen LogP contribution in [-0.2, 0) is 19.7 Å². The lowest BCUT2D eigenvalue weighted by Gasteiger charge is -2.25. The van der Waals surface area contributed by atoms with Gasteiger partial charge in [0.25, 0.3) is 0 Å². The number of hydrogen-bond acceptors (Lipinski definition) is 4. The molecule has 5 nitrogen and oxygen atoms in total. The minimum absolute atomic E-state index is 0.185. The van der Waals surface area contributed by atoms with Gasteiger partial charge in [0, 0.05) is 24.8 Å². The minimum Gasteiger partial charge on any atom is -0.503 e. The first kappa shape index (κ1) is 17.7. The summed E-state index contributed by atoms with van der Waals surface area (Å²) in [7, 11) is 0. The van der Waals surface area contributed by atoms with Crippen LogP contribution in [0.2, 0.25) is 0 Å². The van der Waals surface area contributed by atoms with Crippen molar-refractivity contribution in [3.63, 3.8) is 0 Å². The van der Waals surface area contributed by atoms with E-state index in [4.69, 9.17) is 0 Å². The number of pyridine rings is 1. The normalized spacial score (nSPS) is 11.3. The molecule has 1 rings (SSSR count). The average Bonchev–Trinajstić information content (AvgIpc) is 2.49. The molecule has 0 bridgehead atoms. The maximum atomic E-state index is 11.9. The number of aliphatic hydroxyl groups excluding tert-OH is 1. The van der Waals surface area contributed by atoms with Gasteiger partial charge in [0.1, 0.15) is 0 Å². The van der Waals surface area contributed by atoms with Gasteiger partial charge in [0.2, 0.25) is 5.43 Å². The number of aromatic nitrogens is 1. The van der Waals surface area contributed by atoms with E-state index in [1.54, 1.807) is 0 Å². The van der Waals surface area contributed by atoms with Crippen LogP contribution < -0.4 is 5.43 Å². The Morgan fingerprint density at radius 1 is 1.24 bits per heavy atom. The second-order valence-corrected chi connectivity index (χ2v) is 5.33. The lowest BCUT2D eigenvalue weighted by atomic mass is 10.2. The Labute approximate surface area is 126 Å². The Hall–Kier alpha value is -1.33. The van der Waals surface area contributed by atoms with Gasteiger partial charge in [-0.1, -0.05) is 27.2 Å². The summed E-state index contributed by atoms with van der Waals surface area (Å²) in [4.78, 5) is 14.1. The van der Waals surface area contributed by atoms with Gasteiger partial charge in [-0.3, -0.25) is 9.69 Å². The molecule has 5 heteroatoms. The fourth-order valence-electron chi connectivity index (χ4n) is 2.48. The maximum absolute atomic E-state index is 11.9. The van der Waals surface area contributed by atoms with Crippen LogP contribution in [0.3, 0.4) is 0 Å². The predicted molar refractivity (Wildman–Crippen MR) is 84.4 cm³/mol. The lowest BCUT2D eigenvalue weighted by Crippen LogP contribution is -2.28. The van der Waals surface area contributed by atoms with Crippen molar-refractivity contribution >= 4 is 0 Å². The van der Waals surface area contributed by atoms with E-state index in [1.165, 1.54) is 6.07 Å². The average molecular weight is 296 g/mol. The van der Waals surface area contributed by atoms with E-state index in [0.717, 1.165) is 32.4 Å². The monoisotopic (exact) mass is 296 g/mol. The van der Waals surface area contributed by atoms with Crippen molar-refractivity contribution < 1.29 is 10.2 Å². The number of aromatic hydroxyl groups is 1. The van der Waals surface area contributed by atoms with Crippen LogP contribution in [0.4, 0.5) is 0 Å². The maximum Gasteiger partial charge on any atom is 0.223 e. The Kier molecular flexibility index (Phi) is 7.47. The number of unbranched alkanes of at least 4 members (excludes halogenated alkanes) is 1. The van der Waals surface area contributed by atoms with Crippen LogP contribution in [-0.4, -0.2) is 32.8 Å². The molecule has 1 heterocycles. The molecule has 0 aliphatic heterocycles. The van der Waals surface area contributed by atoms with Crippen molar-refractivity contribution in [2.75, 3.05) is 13.1 Å². The highest BCUT2D eigenvalue weighted by atomic mass is 16.3. The van der Waals surface area contributed by atoms with Crippen LogP contribution in [0.5, 0.6) is 5.75 Å². The van der Waals surface area contributed by atoms with Crippen molar-refractivity contribution in [2.24, 2.45) is 0 Å². The molecule has 1 aromatic rings. The van der Waals surface area contributed by atoms with E-state index < -0.39 is 5.43 Å². The molecule has 0 radical (unpaired) electrons. The topological polar surface area (TPSA) is 65.7 Å². The summed E-state index contributed by atoms with van der Waals surface area (Å²) in [5, 5.41) is 19.6. The van der Waals surface area contributed by atoms with E-state index in [-0.39, 0.29) is 12.4 Å². The van der Waals surface area contributed by atoms with Crippen molar-refractivity contribution in [1.29, 1.82) is 0 Å². The van der Waals surface area contributed by atoms with E-state index >= 15 is 0 Å². The molecule has 0 saturated heterocycles. The lowest BCUT2D eigenvalue weighted by molar-refractivity contribution is 0.248. The van der Waals surface area contributed by atoms with E-state index in [9.17, 15) is 15.0 Å². The summed E-state index contributed by atoms with van der Waals surface area (Å²) < 4.78 is 1.88. The molecule has 0 unspecified atom stereocenters. The first-order valence-corrected chi connectivity index (χ1v) is 7.86. The molecule has 120 valence electrons. The van der Waals surface area contributed by atoms with E-state index in [2.05, 4.69) is 18.7 Å². The zero-order chi connectivity index (χ0) is 15.8. The summed E-state index contributed by atoms with van der Waals surface area (Å²) in [6.45, 7) is 9.09. The highest BCUT2D eigenvalue weighted by Crippen LogP contribution is 2.18. The Morgan fingerprint density at radius 2 is 1.95 bits per heavy atom. The van der Waals surface area contributed by atoms with Crippen LogP contribution in [0.1, 0.15) is 51.4 Å². The van der Waals surface area contributed by atoms with Gasteiger partial charge in [0.15, 0.2) is 5.75 Å². The highest BCUT2D eigenvalue weighted by molar-refractivity contribution is 5.30. The number of hydrogen-bond donors (Lipinski definition) is 2.